The molecule has 110 valence electrons. The average Bonchev–Trinajstić information content (AvgIpc) is 2.39. The number of nitrogens with zero attached hydrogens (tertiary/aromatic N) is 1. The van der Waals surface area contributed by atoms with Crippen molar-refractivity contribution in [3.05, 3.63) is 35.4 Å². The van der Waals surface area contributed by atoms with Crippen LogP contribution in [0.4, 0.5) is 8.78 Å². The summed E-state index contributed by atoms with van der Waals surface area (Å²) in [5.74, 6) is -1.41. The van der Waals surface area contributed by atoms with Crippen LogP contribution >= 0.6 is 0 Å². The highest BCUT2D eigenvalue weighted by Gasteiger charge is 2.17. The van der Waals surface area contributed by atoms with E-state index in [1.165, 1.54) is 12.1 Å². The maximum absolute atomic E-state index is 13.6. The molecule has 1 aromatic rings. The van der Waals surface area contributed by atoms with Crippen molar-refractivity contribution in [3.63, 3.8) is 0 Å². The van der Waals surface area contributed by atoms with E-state index in [-0.39, 0.29) is 5.91 Å². The van der Waals surface area contributed by atoms with Gasteiger partial charge in [0, 0.05) is 37.8 Å². The highest BCUT2D eigenvalue weighted by molar-refractivity contribution is 5.78. The molecule has 1 fully saturated rings. The number of amides is 1. The zero-order chi connectivity index (χ0) is 14.5. The van der Waals surface area contributed by atoms with Crippen LogP contribution < -0.4 is 10.6 Å². The highest BCUT2D eigenvalue weighted by Crippen LogP contribution is 2.17. The van der Waals surface area contributed by atoms with Gasteiger partial charge in [-0.2, -0.15) is 0 Å². The highest BCUT2D eigenvalue weighted by atomic mass is 19.1. The first-order valence-electron chi connectivity index (χ1n) is 6.73. The fourth-order valence-corrected chi connectivity index (χ4v) is 2.29. The summed E-state index contributed by atoms with van der Waals surface area (Å²) in [6.07, 6.45) is 0. The van der Waals surface area contributed by atoms with E-state index in [0.29, 0.717) is 12.1 Å². The normalized spacial score (nSPS) is 17.8. The summed E-state index contributed by atoms with van der Waals surface area (Å²) >= 11 is 0. The van der Waals surface area contributed by atoms with Gasteiger partial charge >= 0.3 is 0 Å². The first-order valence-corrected chi connectivity index (χ1v) is 6.73. The van der Waals surface area contributed by atoms with Crippen LogP contribution in [0, 0.1) is 11.6 Å². The lowest BCUT2D eigenvalue weighted by molar-refractivity contribution is -0.123. The summed E-state index contributed by atoms with van der Waals surface area (Å²) in [5.41, 5.74) is 0.292. The molecule has 0 saturated carbocycles. The van der Waals surface area contributed by atoms with Gasteiger partial charge in [-0.1, -0.05) is 6.07 Å². The topological polar surface area (TPSA) is 44.4 Å². The minimum absolute atomic E-state index is 0.150. The van der Waals surface area contributed by atoms with Gasteiger partial charge in [0.05, 0.1) is 12.6 Å². The number of carbonyl (C=O) groups is 1. The van der Waals surface area contributed by atoms with Crippen LogP contribution in [0.1, 0.15) is 18.5 Å². The third-order valence-electron chi connectivity index (χ3n) is 3.38. The van der Waals surface area contributed by atoms with Gasteiger partial charge < -0.3 is 10.6 Å². The Morgan fingerprint density at radius 3 is 2.75 bits per heavy atom. The van der Waals surface area contributed by atoms with Crippen molar-refractivity contribution in [2.45, 2.75) is 13.0 Å². The van der Waals surface area contributed by atoms with E-state index in [4.69, 9.17) is 0 Å². The molecular weight excluding hydrogens is 264 g/mol. The molecule has 2 N–H and O–H groups in total. The quantitative estimate of drug-likeness (QED) is 0.868. The standard InChI is InChI=1S/C14H19F2N3O/c1-10(12-3-2-11(15)8-13(12)16)18-14(20)9-19-6-4-17-5-7-19/h2-3,8,10,17H,4-7,9H2,1H3,(H,18,20). The fourth-order valence-electron chi connectivity index (χ4n) is 2.29. The van der Waals surface area contributed by atoms with E-state index in [0.717, 1.165) is 32.2 Å². The molecule has 1 saturated heterocycles. The summed E-state index contributed by atoms with van der Waals surface area (Å²) in [6, 6.07) is 2.90. The van der Waals surface area contributed by atoms with Gasteiger partial charge in [-0.25, -0.2) is 8.78 Å². The van der Waals surface area contributed by atoms with E-state index in [1.807, 2.05) is 4.90 Å². The summed E-state index contributed by atoms with van der Waals surface area (Å²) in [5, 5.41) is 5.95. The van der Waals surface area contributed by atoms with E-state index < -0.39 is 17.7 Å². The van der Waals surface area contributed by atoms with Crippen LogP contribution in [-0.4, -0.2) is 43.5 Å². The van der Waals surface area contributed by atoms with Crippen molar-refractivity contribution in [2.75, 3.05) is 32.7 Å². The zero-order valence-corrected chi connectivity index (χ0v) is 11.5. The molecule has 1 heterocycles. The third kappa shape index (κ3) is 3.98. The number of rotatable bonds is 4. The Labute approximate surface area is 117 Å². The number of piperazine rings is 1. The zero-order valence-electron chi connectivity index (χ0n) is 11.5. The smallest absolute Gasteiger partial charge is 0.234 e. The van der Waals surface area contributed by atoms with E-state index >= 15 is 0 Å². The van der Waals surface area contributed by atoms with Gasteiger partial charge in [0.25, 0.3) is 0 Å². The molecule has 1 unspecified atom stereocenters. The molecule has 1 atom stereocenters. The molecule has 1 aromatic carbocycles. The SMILES string of the molecule is CC(NC(=O)CN1CCNCC1)c1ccc(F)cc1F. The van der Waals surface area contributed by atoms with Crippen LogP contribution in [-0.2, 0) is 4.79 Å². The van der Waals surface area contributed by atoms with Crippen molar-refractivity contribution in [3.8, 4) is 0 Å². The molecule has 0 aliphatic carbocycles. The lowest BCUT2D eigenvalue weighted by atomic mass is 10.1. The van der Waals surface area contributed by atoms with Gasteiger partial charge in [-0.3, -0.25) is 9.69 Å². The van der Waals surface area contributed by atoms with Crippen molar-refractivity contribution < 1.29 is 13.6 Å². The summed E-state index contributed by atoms with van der Waals surface area (Å²) in [4.78, 5) is 13.9. The number of nitrogens with one attached hydrogen (secondary N) is 2. The summed E-state index contributed by atoms with van der Waals surface area (Å²) in [7, 11) is 0. The van der Waals surface area contributed by atoms with Gasteiger partial charge in [0.1, 0.15) is 11.6 Å². The molecule has 4 nitrogen and oxygen atoms in total. The van der Waals surface area contributed by atoms with E-state index in [1.54, 1.807) is 6.92 Å². The largest absolute Gasteiger partial charge is 0.348 e. The van der Waals surface area contributed by atoms with E-state index in [2.05, 4.69) is 10.6 Å². The maximum Gasteiger partial charge on any atom is 0.234 e. The second kappa shape index (κ2) is 6.76. The van der Waals surface area contributed by atoms with Crippen LogP contribution in [0.15, 0.2) is 18.2 Å². The van der Waals surface area contributed by atoms with Gasteiger partial charge in [0.2, 0.25) is 5.91 Å². The Morgan fingerprint density at radius 1 is 1.40 bits per heavy atom. The molecule has 1 amide bonds. The number of benzene rings is 1. The minimum atomic E-state index is -0.639. The molecule has 1 aliphatic heterocycles. The van der Waals surface area contributed by atoms with E-state index in [9.17, 15) is 13.6 Å². The Morgan fingerprint density at radius 2 is 2.10 bits per heavy atom. The average molecular weight is 283 g/mol. The lowest BCUT2D eigenvalue weighted by Gasteiger charge is -2.27. The fraction of sp³-hybridized carbons (Fsp3) is 0.500. The van der Waals surface area contributed by atoms with Crippen LogP contribution in [0.5, 0.6) is 0 Å². The number of halogens is 2. The molecular formula is C14H19F2N3O. The molecule has 6 heteroatoms. The maximum atomic E-state index is 13.6. The Kier molecular flexibility index (Phi) is 5.03. The Bertz CT molecular complexity index is 475. The van der Waals surface area contributed by atoms with Crippen LogP contribution in [0.3, 0.4) is 0 Å². The van der Waals surface area contributed by atoms with Crippen LogP contribution in [0.2, 0.25) is 0 Å². The van der Waals surface area contributed by atoms with Crippen molar-refractivity contribution >= 4 is 5.91 Å². The Hall–Kier alpha value is -1.53. The van der Waals surface area contributed by atoms with Crippen molar-refractivity contribution in [1.82, 2.24) is 15.5 Å². The van der Waals surface area contributed by atoms with Crippen molar-refractivity contribution in [1.29, 1.82) is 0 Å². The molecule has 20 heavy (non-hydrogen) atoms. The van der Waals surface area contributed by atoms with Gasteiger partial charge in [-0.15, -0.1) is 0 Å². The molecule has 2 rings (SSSR count). The molecule has 0 aromatic heterocycles. The summed E-state index contributed by atoms with van der Waals surface area (Å²) in [6.45, 7) is 5.38. The Balaban J connectivity index is 1.89. The molecule has 0 bridgehead atoms. The van der Waals surface area contributed by atoms with Crippen LogP contribution in [0.25, 0.3) is 0 Å². The number of carbonyl (C=O) groups excluding carboxylic acids is 1. The number of hydrogen-bond acceptors (Lipinski definition) is 3. The third-order valence-corrected chi connectivity index (χ3v) is 3.38. The van der Waals surface area contributed by atoms with Crippen molar-refractivity contribution in [2.24, 2.45) is 0 Å². The first-order chi connectivity index (χ1) is 9.56. The molecule has 0 spiro atoms. The predicted molar refractivity (Wildman–Crippen MR) is 72.2 cm³/mol. The monoisotopic (exact) mass is 283 g/mol. The first kappa shape index (κ1) is 14.9. The molecule has 1 aliphatic rings. The van der Waals surface area contributed by atoms with Gasteiger partial charge in [-0.05, 0) is 13.0 Å². The second-order valence-corrected chi connectivity index (χ2v) is 4.98. The molecule has 0 radical (unpaired) electrons. The minimum Gasteiger partial charge on any atom is -0.348 e. The lowest BCUT2D eigenvalue weighted by Crippen LogP contribution is -2.47. The second-order valence-electron chi connectivity index (χ2n) is 4.98. The summed E-state index contributed by atoms with van der Waals surface area (Å²) < 4.78 is 26.4. The van der Waals surface area contributed by atoms with Gasteiger partial charge in [0.15, 0.2) is 0 Å². The predicted octanol–water partition coefficient (Wildman–Crippen LogP) is 1.05. The number of hydrogen-bond donors (Lipinski definition) is 2.